The molecule has 0 amide bonds. The predicted octanol–water partition coefficient (Wildman–Crippen LogP) is 3.79. The molecule has 5 heterocycles. The number of aromatic nitrogens is 4. The zero-order valence-corrected chi connectivity index (χ0v) is 22.1. The third-order valence-corrected chi connectivity index (χ3v) is 7.63. The molecule has 0 aromatic carbocycles. The summed E-state index contributed by atoms with van der Waals surface area (Å²) in [7, 11) is 0. The van der Waals surface area contributed by atoms with Gasteiger partial charge in [-0.05, 0) is 56.2 Å². The highest BCUT2D eigenvalue weighted by molar-refractivity contribution is 5.96. The molecule has 2 aliphatic rings. The SMILES string of the molecule is CC(C)c1cnc(N2CC(C(C)(C)O)C2)c2cnc(Nc3ccnc(N4CC[C@@H](O)[C@@](C)(F)C4)n3)cc12. The van der Waals surface area contributed by atoms with Gasteiger partial charge in [0.1, 0.15) is 17.5 Å². The van der Waals surface area contributed by atoms with Gasteiger partial charge in [-0.15, -0.1) is 0 Å². The van der Waals surface area contributed by atoms with Crippen molar-refractivity contribution in [1.29, 1.82) is 0 Å². The van der Waals surface area contributed by atoms with E-state index in [-0.39, 0.29) is 18.4 Å². The van der Waals surface area contributed by atoms with Crippen LogP contribution in [0.4, 0.5) is 27.8 Å². The molecule has 37 heavy (non-hydrogen) atoms. The Labute approximate surface area is 216 Å². The number of fused-ring (bicyclic) bond motifs is 1. The summed E-state index contributed by atoms with van der Waals surface area (Å²) in [5, 5.41) is 25.6. The summed E-state index contributed by atoms with van der Waals surface area (Å²) >= 11 is 0. The van der Waals surface area contributed by atoms with E-state index in [1.807, 2.05) is 32.3 Å². The predicted molar refractivity (Wildman–Crippen MR) is 143 cm³/mol. The number of halogens is 1. The van der Waals surface area contributed by atoms with E-state index < -0.39 is 17.4 Å². The standard InChI is InChI=1S/C27H36FN7O2/c1-16(2)19-11-31-24(35-13-17(14-35)26(3,4)37)20-12-30-23(10-18(19)20)32-22-6-8-29-25(33-22)34-9-7-21(36)27(5,28)15-34/h6,8,10-12,16-17,21,36-37H,7,9,13-15H2,1-5H3,(H,29,30,32,33)/t21-,27+/m1/s1. The van der Waals surface area contributed by atoms with E-state index in [1.54, 1.807) is 17.2 Å². The highest BCUT2D eigenvalue weighted by Crippen LogP contribution is 2.37. The van der Waals surface area contributed by atoms with Crippen LogP contribution in [0.15, 0.2) is 30.7 Å². The van der Waals surface area contributed by atoms with Crippen molar-refractivity contribution in [3.05, 3.63) is 36.3 Å². The molecule has 10 heteroatoms. The Morgan fingerprint density at radius 2 is 1.86 bits per heavy atom. The molecule has 2 saturated heterocycles. The fourth-order valence-corrected chi connectivity index (χ4v) is 5.03. The van der Waals surface area contributed by atoms with Crippen LogP contribution in [0.3, 0.4) is 0 Å². The molecule has 198 valence electrons. The van der Waals surface area contributed by atoms with Gasteiger partial charge in [0.2, 0.25) is 5.95 Å². The van der Waals surface area contributed by atoms with Crippen molar-refractivity contribution in [1.82, 2.24) is 19.9 Å². The van der Waals surface area contributed by atoms with Gasteiger partial charge in [0.05, 0.1) is 18.2 Å². The summed E-state index contributed by atoms with van der Waals surface area (Å²) < 4.78 is 14.7. The first-order valence-electron chi connectivity index (χ1n) is 12.9. The van der Waals surface area contributed by atoms with E-state index in [1.165, 1.54) is 6.92 Å². The Morgan fingerprint density at radius 1 is 1.11 bits per heavy atom. The average Bonchev–Trinajstić information content (AvgIpc) is 2.79. The van der Waals surface area contributed by atoms with Crippen LogP contribution in [0.2, 0.25) is 0 Å². The number of pyridine rings is 2. The van der Waals surface area contributed by atoms with Crippen LogP contribution >= 0.6 is 0 Å². The molecule has 2 aliphatic heterocycles. The lowest BCUT2D eigenvalue weighted by Gasteiger charge is -2.46. The largest absolute Gasteiger partial charge is 0.390 e. The van der Waals surface area contributed by atoms with E-state index >= 15 is 0 Å². The Morgan fingerprint density at radius 3 is 2.54 bits per heavy atom. The Kier molecular flexibility index (Phi) is 6.44. The van der Waals surface area contributed by atoms with Gasteiger partial charge in [-0.3, -0.25) is 0 Å². The zero-order chi connectivity index (χ0) is 26.5. The first-order valence-corrected chi connectivity index (χ1v) is 12.9. The Bertz CT molecular complexity index is 1290. The molecule has 3 aromatic heterocycles. The Balaban J connectivity index is 1.41. The summed E-state index contributed by atoms with van der Waals surface area (Å²) in [5.41, 5.74) is -1.30. The molecule has 0 aliphatic carbocycles. The maximum absolute atomic E-state index is 14.7. The lowest BCUT2D eigenvalue weighted by Crippen LogP contribution is -2.56. The van der Waals surface area contributed by atoms with Crippen LogP contribution in [0, 0.1) is 5.92 Å². The van der Waals surface area contributed by atoms with Gasteiger partial charge in [-0.25, -0.2) is 19.3 Å². The minimum absolute atomic E-state index is 0.0319. The van der Waals surface area contributed by atoms with Crippen molar-refractivity contribution < 1.29 is 14.6 Å². The molecule has 2 fully saturated rings. The molecule has 3 aromatic rings. The second-order valence-corrected chi connectivity index (χ2v) is 11.4. The highest BCUT2D eigenvalue weighted by atomic mass is 19.1. The van der Waals surface area contributed by atoms with Crippen LogP contribution in [0.25, 0.3) is 10.8 Å². The molecule has 0 bridgehead atoms. The number of nitrogens with zero attached hydrogens (tertiary/aromatic N) is 6. The maximum atomic E-state index is 14.7. The number of aliphatic hydroxyl groups is 2. The van der Waals surface area contributed by atoms with E-state index in [0.29, 0.717) is 30.5 Å². The quantitative estimate of drug-likeness (QED) is 0.457. The van der Waals surface area contributed by atoms with E-state index in [0.717, 1.165) is 35.2 Å². The molecule has 0 radical (unpaired) electrons. The number of rotatable bonds is 6. The fourth-order valence-electron chi connectivity index (χ4n) is 5.03. The van der Waals surface area contributed by atoms with Gasteiger partial charge in [0, 0.05) is 49.5 Å². The molecule has 0 saturated carbocycles. The minimum atomic E-state index is -1.71. The third kappa shape index (κ3) is 5.04. The normalized spacial score (nSPS) is 23.0. The number of hydrogen-bond donors (Lipinski definition) is 3. The lowest BCUT2D eigenvalue weighted by molar-refractivity contribution is -0.00860. The highest BCUT2D eigenvalue weighted by Gasteiger charge is 2.40. The van der Waals surface area contributed by atoms with Crippen LogP contribution in [0.5, 0.6) is 0 Å². The Hall–Kier alpha value is -3.11. The van der Waals surface area contributed by atoms with Crippen molar-refractivity contribution in [2.24, 2.45) is 5.92 Å². The van der Waals surface area contributed by atoms with Crippen LogP contribution in [-0.4, -0.2) is 73.7 Å². The van der Waals surface area contributed by atoms with Gasteiger partial charge in [-0.1, -0.05) is 13.8 Å². The van der Waals surface area contributed by atoms with Crippen molar-refractivity contribution in [2.75, 3.05) is 41.3 Å². The molecule has 9 nitrogen and oxygen atoms in total. The lowest BCUT2D eigenvalue weighted by atomic mass is 9.84. The van der Waals surface area contributed by atoms with Gasteiger partial charge in [0.15, 0.2) is 5.67 Å². The maximum Gasteiger partial charge on any atom is 0.227 e. The number of piperidine rings is 1. The van der Waals surface area contributed by atoms with Crippen molar-refractivity contribution in [3.63, 3.8) is 0 Å². The first-order chi connectivity index (χ1) is 17.4. The third-order valence-electron chi connectivity index (χ3n) is 7.63. The number of nitrogens with one attached hydrogen (secondary N) is 1. The second-order valence-electron chi connectivity index (χ2n) is 11.4. The zero-order valence-electron chi connectivity index (χ0n) is 22.1. The average molecular weight is 510 g/mol. The molecular weight excluding hydrogens is 473 g/mol. The van der Waals surface area contributed by atoms with Gasteiger partial charge < -0.3 is 25.3 Å². The molecule has 5 rings (SSSR count). The van der Waals surface area contributed by atoms with Crippen LogP contribution in [0.1, 0.15) is 52.5 Å². The van der Waals surface area contributed by atoms with Crippen molar-refractivity contribution >= 4 is 34.2 Å². The summed E-state index contributed by atoms with van der Waals surface area (Å²) in [6.07, 6.45) is 4.74. The summed E-state index contributed by atoms with van der Waals surface area (Å²) in [6, 6.07) is 3.77. The van der Waals surface area contributed by atoms with Crippen LogP contribution < -0.4 is 15.1 Å². The molecular formula is C27H36FN7O2. The summed E-state index contributed by atoms with van der Waals surface area (Å²) in [6.45, 7) is 11.4. The fraction of sp³-hybridized carbons (Fsp3) is 0.556. The van der Waals surface area contributed by atoms with Crippen molar-refractivity contribution in [3.8, 4) is 0 Å². The van der Waals surface area contributed by atoms with E-state index in [2.05, 4.69) is 39.0 Å². The van der Waals surface area contributed by atoms with Crippen molar-refractivity contribution in [2.45, 2.75) is 64.3 Å². The van der Waals surface area contributed by atoms with Gasteiger partial charge in [0.25, 0.3) is 0 Å². The number of hydrogen-bond acceptors (Lipinski definition) is 9. The molecule has 3 N–H and O–H groups in total. The van der Waals surface area contributed by atoms with E-state index in [4.69, 9.17) is 4.98 Å². The molecule has 0 spiro atoms. The molecule has 0 unspecified atom stereocenters. The van der Waals surface area contributed by atoms with E-state index in [9.17, 15) is 14.6 Å². The minimum Gasteiger partial charge on any atom is -0.390 e. The smallest absolute Gasteiger partial charge is 0.227 e. The number of alkyl halides is 1. The monoisotopic (exact) mass is 509 g/mol. The summed E-state index contributed by atoms with van der Waals surface area (Å²) in [5.74, 6) is 2.96. The number of anilines is 4. The summed E-state index contributed by atoms with van der Waals surface area (Å²) in [4.78, 5) is 22.3. The molecule has 2 atom stereocenters. The topological polar surface area (TPSA) is 111 Å². The van der Waals surface area contributed by atoms with Crippen LogP contribution in [-0.2, 0) is 0 Å². The van der Waals surface area contributed by atoms with Gasteiger partial charge in [-0.2, -0.15) is 4.98 Å². The second kappa shape index (κ2) is 9.33. The van der Waals surface area contributed by atoms with Gasteiger partial charge >= 0.3 is 0 Å². The first kappa shape index (κ1) is 25.5. The number of aliphatic hydroxyl groups excluding tert-OH is 1.